The molecule has 1 aromatic carbocycles. The van der Waals surface area contributed by atoms with Crippen molar-refractivity contribution in [1.82, 2.24) is 0 Å². The van der Waals surface area contributed by atoms with Crippen molar-refractivity contribution in [3.05, 3.63) is 35.6 Å². The molecular weight excluding hydrogens is 255 g/mol. The highest BCUT2D eigenvalue weighted by molar-refractivity contribution is 5.17. The summed E-state index contributed by atoms with van der Waals surface area (Å²) in [7, 11) is 0. The number of halogens is 1. The van der Waals surface area contributed by atoms with Gasteiger partial charge in [-0.3, -0.25) is 0 Å². The number of hydrogen-bond donors (Lipinski definition) is 0. The van der Waals surface area contributed by atoms with Gasteiger partial charge in [-0.25, -0.2) is 4.39 Å². The van der Waals surface area contributed by atoms with Crippen molar-refractivity contribution in [3.63, 3.8) is 0 Å². The van der Waals surface area contributed by atoms with Gasteiger partial charge in [-0.2, -0.15) is 0 Å². The molecule has 0 radical (unpaired) electrons. The van der Waals surface area contributed by atoms with Gasteiger partial charge < -0.3 is 9.47 Å². The summed E-state index contributed by atoms with van der Waals surface area (Å²) >= 11 is 0. The fourth-order valence-electron chi connectivity index (χ4n) is 3.61. The Morgan fingerprint density at radius 2 is 2.10 bits per heavy atom. The number of rotatable bonds is 4. The Balaban J connectivity index is 1.69. The van der Waals surface area contributed by atoms with E-state index in [1.165, 1.54) is 6.07 Å². The van der Waals surface area contributed by atoms with Crippen molar-refractivity contribution in [1.29, 1.82) is 0 Å². The molecule has 0 aliphatic carbocycles. The Hall–Kier alpha value is -0.930. The minimum Gasteiger partial charge on any atom is -0.370 e. The van der Waals surface area contributed by atoms with Gasteiger partial charge in [-0.05, 0) is 31.7 Å². The molecule has 3 atom stereocenters. The van der Waals surface area contributed by atoms with Gasteiger partial charge >= 0.3 is 0 Å². The zero-order valence-electron chi connectivity index (χ0n) is 12.5. The lowest BCUT2D eigenvalue weighted by atomic mass is 9.75. The summed E-state index contributed by atoms with van der Waals surface area (Å²) in [5.74, 6) is 0.298. The van der Waals surface area contributed by atoms with Crippen LogP contribution in [-0.2, 0) is 16.1 Å². The van der Waals surface area contributed by atoms with E-state index < -0.39 is 0 Å². The molecule has 2 aliphatic heterocycles. The maximum Gasteiger partial charge on any atom is 0.128 e. The second-order valence-corrected chi connectivity index (χ2v) is 6.73. The molecule has 0 unspecified atom stereocenters. The molecule has 0 aromatic heterocycles. The molecule has 0 spiro atoms. The van der Waals surface area contributed by atoms with Crippen LogP contribution in [0.2, 0.25) is 0 Å². The Kier molecular flexibility index (Phi) is 3.38. The third-order valence-corrected chi connectivity index (χ3v) is 5.14. The van der Waals surface area contributed by atoms with E-state index >= 15 is 0 Å². The molecule has 0 N–H and O–H groups in total. The van der Waals surface area contributed by atoms with Crippen LogP contribution in [0.1, 0.15) is 45.6 Å². The Morgan fingerprint density at radius 1 is 1.35 bits per heavy atom. The Labute approximate surface area is 120 Å². The largest absolute Gasteiger partial charge is 0.370 e. The zero-order valence-corrected chi connectivity index (χ0v) is 12.5. The number of benzene rings is 1. The first-order valence-corrected chi connectivity index (χ1v) is 7.50. The van der Waals surface area contributed by atoms with Gasteiger partial charge in [0.15, 0.2) is 0 Å². The van der Waals surface area contributed by atoms with Gasteiger partial charge in [0.1, 0.15) is 5.82 Å². The molecule has 0 saturated carbocycles. The van der Waals surface area contributed by atoms with Gasteiger partial charge in [0, 0.05) is 12.0 Å². The van der Waals surface area contributed by atoms with Crippen molar-refractivity contribution in [2.75, 3.05) is 0 Å². The molecule has 2 saturated heterocycles. The molecule has 2 heterocycles. The van der Waals surface area contributed by atoms with Crippen LogP contribution < -0.4 is 0 Å². The van der Waals surface area contributed by atoms with Crippen molar-refractivity contribution >= 4 is 0 Å². The van der Waals surface area contributed by atoms with E-state index in [4.69, 9.17) is 9.47 Å². The van der Waals surface area contributed by atoms with E-state index in [1.807, 2.05) is 6.07 Å². The smallest absolute Gasteiger partial charge is 0.128 e. The summed E-state index contributed by atoms with van der Waals surface area (Å²) in [6.45, 7) is 6.89. The van der Waals surface area contributed by atoms with Crippen LogP contribution in [0, 0.1) is 11.7 Å². The van der Waals surface area contributed by atoms with E-state index in [1.54, 1.807) is 12.1 Å². The molecule has 2 nitrogen and oxygen atoms in total. The minimum absolute atomic E-state index is 0.0331. The lowest BCUT2D eigenvalue weighted by Gasteiger charge is -2.31. The Bertz CT molecular complexity index is 502. The molecule has 3 heteroatoms. The summed E-state index contributed by atoms with van der Waals surface area (Å²) in [5, 5.41) is 0. The predicted octanol–water partition coefficient (Wildman–Crippen LogP) is 4.08. The highest BCUT2D eigenvalue weighted by atomic mass is 19.1. The fraction of sp³-hybridized carbons (Fsp3) is 0.647. The second kappa shape index (κ2) is 4.81. The van der Waals surface area contributed by atoms with Gasteiger partial charge in [0.25, 0.3) is 0 Å². The molecule has 2 fully saturated rings. The third kappa shape index (κ3) is 2.17. The predicted molar refractivity (Wildman–Crippen MR) is 75.9 cm³/mol. The van der Waals surface area contributed by atoms with Crippen LogP contribution in [0.15, 0.2) is 24.3 Å². The van der Waals surface area contributed by atoms with Crippen molar-refractivity contribution in [2.45, 2.75) is 63.9 Å². The maximum absolute atomic E-state index is 13.6. The van der Waals surface area contributed by atoms with E-state index in [9.17, 15) is 4.39 Å². The molecule has 3 rings (SSSR count). The first kappa shape index (κ1) is 14.0. The summed E-state index contributed by atoms with van der Waals surface area (Å²) in [6.07, 6.45) is 3.14. The molecular formula is C17H23FO2. The van der Waals surface area contributed by atoms with Gasteiger partial charge in [0.05, 0.1) is 23.9 Å². The topological polar surface area (TPSA) is 18.5 Å². The highest BCUT2D eigenvalue weighted by Crippen LogP contribution is 2.55. The molecule has 2 aliphatic rings. The van der Waals surface area contributed by atoms with E-state index in [0.717, 1.165) is 19.3 Å². The van der Waals surface area contributed by atoms with Crippen LogP contribution in [0.5, 0.6) is 0 Å². The summed E-state index contributed by atoms with van der Waals surface area (Å²) in [6, 6.07) is 6.81. The Morgan fingerprint density at radius 3 is 2.75 bits per heavy atom. The zero-order chi connectivity index (χ0) is 14.4. The number of fused-ring (bicyclic) bond motifs is 2. The van der Waals surface area contributed by atoms with Crippen LogP contribution in [0.3, 0.4) is 0 Å². The van der Waals surface area contributed by atoms with Gasteiger partial charge in [-0.15, -0.1) is 0 Å². The third-order valence-electron chi connectivity index (χ3n) is 5.14. The van der Waals surface area contributed by atoms with Crippen molar-refractivity contribution < 1.29 is 13.9 Å². The van der Waals surface area contributed by atoms with Crippen LogP contribution in [0.25, 0.3) is 0 Å². The average molecular weight is 278 g/mol. The molecule has 20 heavy (non-hydrogen) atoms. The standard InChI is InChI=1S/C17H23FO2/c1-12(2)17-9-8-16(3,20-17)15(10-17)19-11-13-6-4-5-7-14(13)18/h4-7,12,15H,8-11H2,1-3H3/t15-,16+,17-/m1/s1. The average Bonchev–Trinajstić information content (AvgIpc) is 2.90. The minimum atomic E-state index is -0.199. The lowest BCUT2D eigenvalue weighted by Crippen LogP contribution is -2.38. The van der Waals surface area contributed by atoms with Gasteiger partial charge in [-0.1, -0.05) is 32.0 Å². The number of ether oxygens (including phenoxy) is 2. The monoisotopic (exact) mass is 278 g/mol. The first-order chi connectivity index (χ1) is 9.45. The first-order valence-electron chi connectivity index (χ1n) is 7.50. The van der Waals surface area contributed by atoms with Crippen molar-refractivity contribution in [3.8, 4) is 0 Å². The van der Waals surface area contributed by atoms with Gasteiger partial charge in [0.2, 0.25) is 0 Å². The second-order valence-electron chi connectivity index (χ2n) is 6.73. The molecule has 2 bridgehead atoms. The highest BCUT2D eigenvalue weighted by Gasteiger charge is 2.60. The van der Waals surface area contributed by atoms with Crippen LogP contribution in [-0.4, -0.2) is 17.3 Å². The van der Waals surface area contributed by atoms with E-state index in [-0.39, 0.29) is 23.1 Å². The summed E-state index contributed by atoms with van der Waals surface area (Å²) < 4.78 is 26.0. The summed E-state index contributed by atoms with van der Waals surface area (Å²) in [4.78, 5) is 0. The molecule has 110 valence electrons. The van der Waals surface area contributed by atoms with Crippen LogP contribution in [0.4, 0.5) is 4.39 Å². The SMILES string of the molecule is CC(C)[C@]12CC[C@](C)(O1)[C@H](OCc1ccccc1F)C2. The van der Waals surface area contributed by atoms with E-state index in [2.05, 4.69) is 20.8 Å². The lowest BCUT2D eigenvalue weighted by molar-refractivity contribution is -0.0962. The van der Waals surface area contributed by atoms with E-state index in [0.29, 0.717) is 18.1 Å². The maximum atomic E-state index is 13.6. The number of hydrogen-bond acceptors (Lipinski definition) is 2. The van der Waals surface area contributed by atoms with Crippen molar-refractivity contribution in [2.24, 2.45) is 5.92 Å². The normalized spacial score (nSPS) is 36.0. The summed E-state index contributed by atoms with van der Waals surface area (Å²) in [5.41, 5.74) is 0.391. The fourth-order valence-corrected chi connectivity index (χ4v) is 3.61. The molecule has 1 aromatic rings. The quantitative estimate of drug-likeness (QED) is 0.826. The molecule has 0 amide bonds. The van der Waals surface area contributed by atoms with Crippen LogP contribution >= 0.6 is 0 Å².